The van der Waals surface area contributed by atoms with Gasteiger partial charge in [0, 0.05) is 11.9 Å². The van der Waals surface area contributed by atoms with Crippen LogP contribution in [0.4, 0.5) is 5.88 Å². The molecule has 154 valence electrons. The van der Waals surface area contributed by atoms with Crippen molar-refractivity contribution in [1.82, 2.24) is 4.90 Å². The quantitative estimate of drug-likeness (QED) is 0.293. The number of hydrogen-bond acceptors (Lipinski definition) is 6. The lowest BCUT2D eigenvalue weighted by atomic mass is 10.0. The van der Waals surface area contributed by atoms with Crippen LogP contribution < -0.4 is 0 Å². The Hall–Kier alpha value is -2.90. The van der Waals surface area contributed by atoms with Gasteiger partial charge < -0.3 is 14.1 Å². The molecule has 0 bridgehead atoms. The molecule has 0 radical (unpaired) electrons. The maximum absolute atomic E-state index is 12.6. The fourth-order valence-electron chi connectivity index (χ4n) is 3.16. The average Bonchev–Trinajstić information content (AvgIpc) is 3.11. The van der Waals surface area contributed by atoms with Gasteiger partial charge in [0.05, 0.1) is 0 Å². The molecule has 0 N–H and O–H groups in total. The van der Waals surface area contributed by atoms with Crippen LogP contribution in [0, 0.1) is 10.1 Å². The largest absolute Gasteiger partial charge is 0.461 e. The second-order valence-electron chi connectivity index (χ2n) is 6.25. The third kappa shape index (κ3) is 4.75. The van der Waals surface area contributed by atoms with Crippen LogP contribution in [0.5, 0.6) is 0 Å². The van der Waals surface area contributed by atoms with E-state index < -0.39 is 10.9 Å². The summed E-state index contributed by atoms with van der Waals surface area (Å²) in [6.45, 7) is 6.69. The minimum absolute atomic E-state index is 0. The molecule has 29 heavy (non-hydrogen) atoms. The van der Waals surface area contributed by atoms with Crippen molar-refractivity contribution in [2.24, 2.45) is 0 Å². The second-order valence-corrected chi connectivity index (χ2v) is 6.25. The van der Waals surface area contributed by atoms with Crippen LogP contribution in [0.15, 0.2) is 52.9 Å². The normalized spacial score (nSPS) is 10.7. The Kier molecular flexibility index (Phi) is 7.75. The number of furan rings is 1. The third-order valence-corrected chi connectivity index (χ3v) is 4.68. The molecule has 0 atom stereocenters. The molecule has 0 fully saturated rings. The Morgan fingerprint density at radius 2 is 1.79 bits per heavy atom. The number of carbonyl (C=O) groups excluding carboxylic acids is 1. The number of esters is 1. The molecule has 0 aliphatic heterocycles. The van der Waals surface area contributed by atoms with Crippen molar-refractivity contribution in [2.75, 3.05) is 26.2 Å². The van der Waals surface area contributed by atoms with Crippen LogP contribution in [0.25, 0.3) is 22.1 Å². The van der Waals surface area contributed by atoms with Gasteiger partial charge in [0.25, 0.3) is 0 Å². The number of fused-ring (bicyclic) bond motifs is 1. The van der Waals surface area contributed by atoms with Crippen LogP contribution in [0.2, 0.25) is 0 Å². The lowest BCUT2D eigenvalue weighted by Crippen LogP contribution is -2.27. The number of benzene rings is 2. The number of hydrogen-bond donors (Lipinski definition) is 0. The summed E-state index contributed by atoms with van der Waals surface area (Å²) in [4.78, 5) is 25.7. The molecule has 1 aromatic heterocycles. The van der Waals surface area contributed by atoms with Gasteiger partial charge in [-0.1, -0.05) is 56.3 Å². The lowest BCUT2D eigenvalue weighted by Gasteiger charge is -2.17. The maximum atomic E-state index is 12.6. The number of rotatable bonds is 8. The molecular weight excluding hydrogens is 396 g/mol. The zero-order valence-corrected chi connectivity index (χ0v) is 17.1. The second kappa shape index (κ2) is 10.0. The predicted octanol–water partition coefficient (Wildman–Crippen LogP) is 4.93. The van der Waals surface area contributed by atoms with Crippen molar-refractivity contribution in [3.05, 3.63) is 64.2 Å². The van der Waals surface area contributed by atoms with Crippen LogP contribution in [-0.2, 0) is 4.74 Å². The number of likely N-dealkylation sites (N-methyl/N-ethyl adjacent to an activating group) is 1. The molecular formula is C21H23ClN2O5. The highest BCUT2D eigenvalue weighted by atomic mass is 35.5. The first-order chi connectivity index (χ1) is 13.6. The van der Waals surface area contributed by atoms with E-state index in [0.29, 0.717) is 23.1 Å². The van der Waals surface area contributed by atoms with Crippen molar-refractivity contribution >= 4 is 35.2 Å². The molecule has 3 aromatic rings. The topological polar surface area (TPSA) is 85.8 Å². The van der Waals surface area contributed by atoms with E-state index in [2.05, 4.69) is 4.90 Å². The highest BCUT2D eigenvalue weighted by molar-refractivity contribution is 6.08. The molecule has 8 heteroatoms. The number of ether oxygens (including phenoxy) is 1. The van der Waals surface area contributed by atoms with E-state index in [1.165, 1.54) is 0 Å². The van der Waals surface area contributed by atoms with Crippen molar-refractivity contribution in [1.29, 1.82) is 0 Å². The van der Waals surface area contributed by atoms with E-state index in [9.17, 15) is 14.9 Å². The summed E-state index contributed by atoms with van der Waals surface area (Å²) < 4.78 is 10.9. The summed E-state index contributed by atoms with van der Waals surface area (Å²) in [5, 5.41) is 12.1. The maximum Gasteiger partial charge on any atom is 0.442 e. The van der Waals surface area contributed by atoms with E-state index >= 15 is 0 Å². The summed E-state index contributed by atoms with van der Waals surface area (Å²) in [7, 11) is 0. The van der Waals surface area contributed by atoms with Crippen LogP contribution in [-0.4, -0.2) is 42.0 Å². The van der Waals surface area contributed by atoms with E-state index in [-0.39, 0.29) is 36.0 Å². The smallest absolute Gasteiger partial charge is 0.442 e. The zero-order chi connectivity index (χ0) is 20.1. The third-order valence-electron chi connectivity index (χ3n) is 4.68. The Balaban J connectivity index is 0.00000300. The van der Waals surface area contributed by atoms with Gasteiger partial charge in [0.1, 0.15) is 22.7 Å². The van der Waals surface area contributed by atoms with Crippen LogP contribution in [0.3, 0.4) is 0 Å². The summed E-state index contributed by atoms with van der Waals surface area (Å²) in [5.41, 5.74) is 1.36. The average molecular weight is 419 g/mol. The van der Waals surface area contributed by atoms with Gasteiger partial charge >= 0.3 is 11.9 Å². The molecule has 3 rings (SSSR count). The van der Waals surface area contributed by atoms with Crippen LogP contribution in [0.1, 0.15) is 24.2 Å². The Labute approximate surface area is 174 Å². The molecule has 0 amide bonds. The van der Waals surface area contributed by atoms with Crippen molar-refractivity contribution in [3.63, 3.8) is 0 Å². The highest BCUT2D eigenvalue weighted by Crippen LogP contribution is 2.40. The minimum Gasteiger partial charge on any atom is -0.461 e. The Morgan fingerprint density at radius 3 is 2.41 bits per heavy atom. The zero-order valence-electron chi connectivity index (χ0n) is 16.3. The summed E-state index contributed by atoms with van der Waals surface area (Å²) in [5.74, 6) is -0.939. The lowest BCUT2D eigenvalue weighted by molar-refractivity contribution is -0.400. The van der Waals surface area contributed by atoms with Crippen molar-refractivity contribution in [2.45, 2.75) is 13.8 Å². The fourth-order valence-corrected chi connectivity index (χ4v) is 3.16. The molecule has 0 aliphatic rings. The van der Waals surface area contributed by atoms with Gasteiger partial charge in [0.2, 0.25) is 0 Å². The molecule has 0 aliphatic carbocycles. The number of halogens is 1. The number of nitrogens with zero attached hydrogens (tertiary/aromatic N) is 2. The molecule has 0 saturated heterocycles. The SMILES string of the molecule is CCN(CC)CCOC(=O)c1cccc2c(-c3ccccc3)c([N+](=O)[O-])oc12.Cl. The number of carbonyl (C=O) groups is 1. The summed E-state index contributed by atoms with van der Waals surface area (Å²) >= 11 is 0. The van der Waals surface area contributed by atoms with Crippen molar-refractivity contribution in [3.8, 4) is 11.1 Å². The molecule has 2 aromatic carbocycles. The van der Waals surface area contributed by atoms with E-state index in [0.717, 1.165) is 13.1 Å². The molecule has 0 unspecified atom stereocenters. The predicted molar refractivity (Wildman–Crippen MR) is 114 cm³/mol. The summed E-state index contributed by atoms with van der Waals surface area (Å²) in [6, 6.07) is 13.9. The molecule has 1 heterocycles. The fraction of sp³-hybridized carbons (Fsp3) is 0.286. The van der Waals surface area contributed by atoms with Gasteiger partial charge in [-0.2, -0.15) is 0 Å². The van der Waals surface area contributed by atoms with E-state index in [1.807, 2.05) is 19.9 Å². The Bertz CT molecular complexity index is 983. The molecule has 0 saturated carbocycles. The van der Waals surface area contributed by atoms with Gasteiger partial charge in [-0.25, -0.2) is 4.79 Å². The van der Waals surface area contributed by atoms with Crippen molar-refractivity contribution < 1.29 is 18.9 Å². The minimum atomic E-state index is -0.572. The standard InChI is InChI=1S/C21H22N2O5.ClH/c1-3-22(4-2)13-14-27-21(24)17-12-8-11-16-18(15-9-6-5-7-10-15)20(23(25)26)28-19(16)17;/h5-12H,3-4,13-14H2,1-2H3;1H. The van der Waals surface area contributed by atoms with Gasteiger partial charge in [-0.3, -0.25) is 10.1 Å². The first-order valence-electron chi connectivity index (χ1n) is 9.21. The first kappa shape index (κ1) is 22.4. The van der Waals surface area contributed by atoms with Gasteiger partial charge in [0.15, 0.2) is 5.58 Å². The summed E-state index contributed by atoms with van der Waals surface area (Å²) in [6.07, 6.45) is 0. The van der Waals surface area contributed by atoms with E-state index in [1.54, 1.807) is 42.5 Å². The number of para-hydroxylation sites is 1. The van der Waals surface area contributed by atoms with E-state index in [4.69, 9.17) is 9.15 Å². The molecule has 7 nitrogen and oxygen atoms in total. The highest BCUT2D eigenvalue weighted by Gasteiger charge is 2.28. The van der Waals surface area contributed by atoms with Crippen LogP contribution >= 0.6 is 12.4 Å². The van der Waals surface area contributed by atoms with Gasteiger partial charge in [-0.15, -0.1) is 12.4 Å². The van der Waals surface area contributed by atoms with Gasteiger partial charge in [-0.05, 0) is 24.7 Å². The Morgan fingerprint density at radius 1 is 1.10 bits per heavy atom. The first-order valence-corrected chi connectivity index (χ1v) is 9.21. The number of nitro groups is 1. The monoisotopic (exact) mass is 418 g/mol. The molecule has 0 spiro atoms.